The van der Waals surface area contributed by atoms with Crippen molar-refractivity contribution in [2.45, 2.75) is 0 Å². The van der Waals surface area contributed by atoms with E-state index < -0.39 is 4.92 Å². The molecule has 0 atom stereocenters. The standard InChI is InChI=1S/C13H9NO3.C6H7N/c15-13(10-6-2-1-3-7-10)11-8-4-5-9-12(11)14(16)17;7-6-4-2-1-3-5-6/h1-9H;1-5H,7H2. The molecule has 0 aromatic heterocycles. The summed E-state index contributed by atoms with van der Waals surface area (Å²) in [6, 6.07) is 24.0. The zero-order valence-corrected chi connectivity index (χ0v) is 12.8. The number of anilines is 1. The summed E-state index contributed by atoms with van der Waals surface area (Å²) in [6.45, 7) is 0. The molecule has 0 fully saturated rings. The van der Waals surface area contributed by atoms with E-state index in [1.165, 1.54) is 12.1 Å². The van der Waals surface area contributed by atoms with Crippen LogP contribution in [0.3, 0.4) is 0 Å². The maximum atomic E-state index is 12.1. The Kier molecular flexibility index (Phi) is 5.80. The topological polar surface area (TPSA) is 86.2 Å². The van der Waals surface area contributed by atoms with Gasteiger partial charge in [-0.15, -0.1) is 0 Å². The lowest BCUT2D eigenvalue weighted by Gasteiger charge is -2.01. The number of nitrogens with two attached hydrogens (primary N) is 1. The predicted octanol–water partition coefficient (Wildman–Crippen LogP) is 4.09. The van der Waals surface area contributed by atoms with Crippen LogP contribution >= 0.6 is 0 Å². The Labute approximate surface area is 139 Å². The van der Waals surface area contributed by atoms with Gasteiger partial charge < -0.3 is 5.73 Å². The van der Waals surface area contributed by atoms with E-state index in [9.17, 15) is 14.9 Å². The van der Waals surface area contributed by atoms with E-state index in [0.717, 1.165) is 5.69 Å². The SMILES string of the molecule is Nc1ccccc1.O=C(c1ccccc1)c1ccccc1[N+](=O)[O-]. The summed E-state index contributed by atoms with van der Waals surface area (Å²) >= 11 is 0. The van der Waals surface area contributed by atoms with Crippen LogP contribution in [0.2, 0.25) is 0 Å². The predicted molar refractivity (Wildman–Crippen MR) is 93.8 cm³/mol. The number of hydrogen-bond acceptors (Lipinski definition) is 4. The smallest absolute Gasteiger partial charge is 0.280 e. The third-order valence-electron chi connectivity index (χ3n) is 3.18. The minimum absolute atomic E-state index is 0.115. The first kappa shape index (κ1) is 16.9. The van der Waals surface area contributed by atoms with Crippen molar-refractivity contribution in [2.75, 3.05) is 5.73 Å². The second kappa shape index (κ2) is 8.24. The highest BCUT2D eigenvalue weighted by molar-refractivity contribution is 6.11. The quantitative estimate of drug-likeness (QED) is 0.341. The maximum Gasteiger partial charge on any atom is 0.280 e. The number of rotatable bonds is 3. The number of nitrogens with zero attached hydrogens (tertiary/aromatic N) is 1. The van der Waals surface area contributed by atoms with Crippen molar-refractivity contribution in [3.05, 3.63) is 106 Å². The highest BCUT2D eigenvalue weighted by Gasteiger charge is 2.19. The van der Waals surface area contributed by atoms with Gasteiger partial charge in [-0.3, -0.25) is 14.9 Å². The van der Waals surface area contributed by atoms with Gasteiger partial charge in [0.2, 0.25) is 0 Å². The number of hydrogen-bond donors (Lipinski definition) is 1. The lowest BCUT2D eigenvalue weighted by molar-refractivity contribution is -0.385. The molecule has 5 nitrogen and oxygen atoms in total. The van der Waals surface area contributed by atoms with Gasteiger partial charge in [-0.2, -0.15) is 0 Å². The molecule has 0 aliphatic heterocycles. The van der Waals surface area contributed by atoms with E-state index >= 15 is 0 Å². The minimum atomic E-state index is -0.545. The van der Waals surface area contributed by atoms with Crippen LogP contribution in [-0.2, 0) is 0 Å². The number of carbonyl (C=O) groups excluding carboxylic acids is 1. The van der Waals surface area contributed by atoms with Crippen LogP contribution in [0.4, 0.5) is 11.4 Å². The number of nitro groups is 1. The normalized spacial score (nSPS) is 9.50. The Morgan fingerprint density at radius 2 is 1.29 bits per heavy atom. The van der Waals surface area contributed by atoms with Crippen LogP contribution in [0.1, 0.15) is 15.9 Å². The summed E-state index contributed by atoms with van der Waals surface area (Å²) < 4.78 is 0. The van der Waals surface area contributed by atoms with E-state index in [0.29, 0.717) is 5.56 Å². The molecule has 3 aromatic carbocycles. The highest BCUT2D eigenvalue weighted by atomic mass is 16.6. The maximum absolute atomic E-state index is 12.1. The number of nitro benzene ring substituents is 1. The Balaban J connectivity index is 0.000000249. The monoisotopic (exact) mass is 320 g/mol. The number of para-hydroxylation sites is 2. The molecule has 0 radical (unpaired) electrons. The van der Waals surface area contributed by atoms with Gasteiger partial charge in [0.25, 0.3) is 5.69 Å². The van der Waals surface area contributed by atoms with Crippen LogP contribution in [0, 0.1) is 10.1 Å². The van der Waals surface area contributed by atoms with Crippen molar-refractivity contribution < 1.29 is 9.72 Å². The first-order chi connectivity index (χ1) is 11.6. The van der Waals surface area contributed by atoms with Crippen molar-refractivity contribution in [3.63, 3.8) is 0 Å². The average Bonchev–Trinajstić information content (AvgIpc) is 2.63. The molecule has 5 heteroatoms. The van der Waals surface area contributed by atoms with Crippen molar-refractivity contribution in [1.29, 1.82) is 0 Å². The first-order valence-electron chi connectivity index (χ1n) is 7.23. The fourth-order valence-electron chi connectivity index (χ4n) is 2.02. The largest absolute Gasteiger partial charge is 0.399 e. The number of nitrogen functional groups attached to an aromatic ring is 1. The van der Waals surface area contributed by atoms with Crippen LogP contribution in [0.5, 0.6) is 0 Å². The Hall–Kier alpha value is -3.47. The van der Waals surface area contributed by atoms with Gasteiger partial charge in [-0.05, 0) is 18.2 Å². The second-order valence-corrected chi connectivity index (χ2v) is 4.88. The molecule has 0 unspecified atom stereocenters. The summed E-state index contributed by atoms with van der Waals surface area (Å²) in [4.78, 5) is 22.3. The molecule has 120 valence electrons. The molecule has 3 rings (SSSR count). The van der Waals surface area contributed by atoms with Crippen molar-refractivity contribution in [3.8, 4) is 0 Å². The van der Waals surface area contributed by atoms with Crippen LogP contribution in [-0.4, -0.2) is 10.7 Å². The van der Waals surface area contributed by atoms with E-state index in [4.69, 9.17) is 5.73 Å². The van der Waals surface area contributed by atoms with E-state index in [1.54, 1.807) is 42.5 Å². The molecule has 0 bridgehead atoms. The highest BCUT2D eigenvalue weighted by Crippen LogP contribution is 2.20. The van der Waals surface area contributed by atoms with Gasteiger partial charge >= 0.3 is 0 Å². The summed E-state index contributed by atoms with van der Waals surface area (Å²) in [6.07, 6.45) is 0. The summed E-state index contributed by atoms with van der Waals surface area (Å²) in [5.41, 5.74) is 6.57. The average molecular weight is 320 g/mol. The molecule has 0 aliphatic rings. The molecular weight excluding hydrogens is 304 g/mol. The van der Waals surface area contributed by atoms with Crippen molar-refractivity contribution >= 4 is 17.2 Å². The molecule has 0 aliphatic carbocycles. The third-order valence-corrected chi connectivity index (χ3v) is 3.18. The molecule has 0 saturated heterocycles. The molecule has 24 heavy (non-hydrogen) atoms. The van der Waals surface area contributed by atoms with Gasteiger partial charge in [0.1, 0.15) is 5.56 Å². The number of benzene rings is 3. The molecule has 0 heterocycles. The van der Waals surface area contributed by atoms with Gasteiger partial charge in [-0.1, -0.05) is 60.7 Å². The van der Waals surface area contributed by atoms with E-state index in [2.05, 4.69) is 0 Å². The Bertz CT molecular complexity index is 818. The van der Waals surface area contributed by atoms with Crippen LogP contribution in [0.15, 0.2) is 84.9 Å². The third kappa shape index (κ3) is 4.51. The van der Waals surface area contributed by atoms with Gasteiger partial charge in [0.05, 0.1) is 4.92 Å². The zero-order chi connectivity index (χ0) is 17.4. The lowest BCUT2D eigenvalue weighted by Crippen LogP contribution is -2.04. The van der Waals surface area contributed by atoms with Crippen molar-refractivity contribution in [1.82, 2.24) is 0 Å². The summed E-state index contributed by atoms with van der Waals surface area (Å²) in [5.74, 6) is -0.335. The van der Waals surface area contributed by atoms with Gasteiger partial charge in [0.15, 0.2) is 5.78 Å². The molecule has 0 saturated carbocycles. The van der Waals surface area contributed by atoms with Crippen LogP contribution in [0.25, 0.3) is 0 Å². The van der Waals surface area contributed by atoms with E-state index in [-0.39, 0.29) is 17.0 Å². The van der Waals surface area contributed by atoms with Gasteiger partial charge in [0, 0.05) is 17.3 Å². The zero-order valence-electron chi connectivity index (χ0n) is 12.8. The van der Waals surface area contributed by atoms with Gasteiger partial charge in [-0.25, -0.2) is 0 Å². The summed E-state index contributed by atoms with van der Waals surface area (Å²) in [7, 11) is 0. The summed E-state index contributed by atoms with van der Waals surface area (Å²) in [5, 5.41) is 10.8. The van der Waals surface area contributed by atoms with Crippen LogP contribution < -0.4 is 5.73 Å². The van der Waals surface area contributed by atoms with E-state index in [1.807, 2.05) is 30.3 Å². The number of ketones is 1. The lowest BCUT2D eigenvalue weighted by atomic mass is 10.0. The first-order valence-corrected chi connectivity index (χ1v) is 7.23. The second-order valence-electron chi connectivity index (χ2n) is 4.88. The number of carbonyl (C=O) groups is 1. The van der Waals surface area contributed by atoms with Crippen molar-refractivity contribution in [2.24, 2.45) is 0 Å². The molecule has 0 spiro atoms. The minimum Gasteiger partial charge on any atom is -0.399 e. The fourth-order valence-corrected chi connectivity index (χ4v) is 2.02. The Morgan fingerprint density at radius 1 is 0.792 bits per heavy atom. The molecule has 2 N–H and O–H groups in total. The fraction of sp³-hybridized carbons (Fsp3) is 0. The molecule has 0 amide bonds. The Morgan fingerprint density at radius 3 is 1.79 bits per heavy atom. The molecule has 3 aromatic rings. The molecular formula is C19H16N2O3.